The van der Waals surface area contributed by atoms with Crippen molar-refractivity contribution in [2.75, 3.05) is 25.2 Å². The summed E-state index contributed by atoms with van der Waals surface area (Å²) < 4.78 is 33.8. The predicted molar refractivity (Wildman–Crippen MR) is 81.4 cm³/mol. The van der Waals surface area contributed by atoms with Gasteiger partial charge in [-0.15, -0.1) is 0 Å². The normalized spacial score (nSPS) is 11.1. The van der Waals surface area contributed by atoms with E-state index in [1.165, 1.54) is 12.1 Å². The molecule has 0 heterocycles. The van der Waals surface area contributed by atoms with Crippen LogP contribution in [0.2, 0.25) is 0 Å². The Morgan fingerprint density at radius 2 is 1.71 bits per heavy atom. The Morgan fingerprint density at radius 1 is 1.00 bits per heavy atom. The average Bonchev–Trinajstić information content (AvgIpc) is 2.45. The number of nitrogens with two attached hydrogens (primary N) is 1. The van der Waals surface area contributed by atoms with Gasteiger partial charge in [0.05, 0.1) is 10.6 Å². The van der Waals surface area contributed by atoms with Crippen LogP contribution in [0, 0.1) is 0 Å². The zero-order valence-corrected chi connectivity index (χ0v) is 12.5. The maximum atomic E-state index is 11.4. The van der Waals surface area contributed by atoms with Crippen LogP contribution in [-0.4, -0.2) is 27.9 Å². The van der Waals surface area contributed by atoms with E-state index in [1.54, 1.807) is 24.3 Å². The molecule has 0 saturated carbocycles. The SMILES string of the molecule is CS(=O)(=O)c1cccc(OCCOc2ccccc2N)c1. The molecule has 0 atom stereocenters. The third kappa shape index (κ3) is 4.39. The van der Waals surface area contributed by atoms with Gasteiger partial charge in [0.25, 0.3) is 0 Å². The molecule has 0 aromatic heterocycles. The monoisotopic (exact) mass is 307 g/mol. The molecule has 5 nitrogen and oxygen atoms in total. The molecule has 21 heavy (non-hydrogen) atoms. The molecule has 0 bridgehead atoms. The second-order valence-electron chi connectivity index (χ2n) is 4.48. The molecule has 2 aromatic rings. The summed E-state index contributed by atoms with van der Waals surface area (Å²) in [6.07, 6.45) is 1.16. The van der Waals surface area contributed by atoms with E-state index < -0.39 is 9.84 Å². The van der Waals surface area contributed by atoms with Gasteiger partial charge in [0.15, 0.2) is 9.84 Å². The van der Waals surface area contributed by atoms with Gasteiger partial charge in [-0.2, -0.15) is 0 Å². The molecule has 2 N–H and O–H groups in total. The lowest BCUT2D eigenvalue weighted by Crippen LogP contribution is -2.10. The summed E-state index contributed by atoms with van der Waals surface area (Å²) in [6, 6.07) is 13.6. The van der Waals surface area contributed by atoms with Crippen molar-refractivity contribution in [2.24, 2.45) is 0 Å². The summed E-state index contributed by atoms with van der Waals surface area (Å²) in [5, 5.41) is 0. The molecular weight excluding hydrogens is 290 g/mol. The van der Waals surface area contributed by atoms with Crippen LogP contribution in [0.4, 0.5) is 5.69 Å². The van der Waals surface area contributed by atoms with Gasteiger partial charge in [-0.25, -0.2) is 8.42 Å². The molecule has 0 amide bonds. The maximum Gasteiger partial charge on any atom is 0.175 e. The Bertz CT molecular complexity index is 713. The van der Waals surface area contributed by atoms with Crippen molar-refractivity contribution in [2.45, 2.75) is 4.90 Å². The lowest BCUT2D eigenvalue weighted by molar-refractivity contribution is 0.217. The number of sulfone groups is 1. The Labute approximate surface area is 124 Å². The van der Waals surface area contributed by atoms with E-state index in [2.05, 4.69) is 0 Å². The minimum absolute atomic E-state index is 0.230. The van der Waals surface area contributed by atoms with E-state index in [0.29, 0.717) is 30.4 Å². The van der Waals surface area contributed by atoms with Gasteiger partial charge < -0.3 is 15.2 Å². The van der Waals surface area contributed by atoms with E-state index in [9.17, 15) is 8.42 Å². The Morgan fingerprint density at radius 3 is 2.43 bits per heavy atom. The van der Waals surface area contributed by atoms with Crippen molar-refractivity contribution in [3.63, 3.8) is 0 Å². The fraction of sp³-hybridized carbons (Fsp3) is 0.200. The first-order valence-corrected chi connectivity index (χ1v) is 8.26. The Hall–Kier alpha value is -2.21. The summed E-state index contributed by atoms with van der Waals surface area (Å²) in [5.41, 5.74) is 6.32. The van der Waals surface area contributed by atoms with E-state index >= 15 is 0 Å². The molecule has 6 heteroatoms. The van der Waals surface area contributed by atoms with Crippen LogP contribution < -0.4 is 15.2 Å². The number of nitrogen functional groups attached to an aromatic ring is 1. The number of rotatable bonds is 6. The van der Waals surface area contributed by atoms with Crippen molar-refractivity contribution in [1.82, 2.24) is 0 Å². The molecule has 0 radical (unpaired) electrons. The Kier molecular flexibility index (Phi) is 4.70. The molecule has 0 aliphatic carbocycles. The summed E-state index contributed by atoms with van der Waals surface area (Å²) in [5.74, 6) is 1.09. The molecule has 0 saturated heterocycles. The van der Waals surface area contributed by atoms with Gasteiger partial charge in [0.2, 0.25) is 0 Å². The molecule has 0 aliphatic heterocycles. The quantitative estimate of drug-likeness (QED) is 0.653. The summed E-state index contributed by atoms with van der Waals surface area (Å²) in [7, 11) is -3.23. The molecule has 0 spiro atoms. The average molecular weight is 307 g/mol. The van der Waals surface area contributed by atoms with Crippen LogP contribution in [0.3, 0.4) is 0 Å². The minimum atomic E-state index is -3.23. The topological polar surface area (TPSA) is 78.6 Å². The third-order valence-electron chi connectivity index (χ3n) is 2.76. The predicted octanol–water partition coefficient (Wildman–Crippen LogP) is 2.13. The first kappa shape index (κ1) is 15.2. The van der Waals surface area contributed by atoms with Crippen LogP contribution in [0.5, 0.6) is 11.5 Å². The summed E-state index contributed by atoms with van der Waals surface area (Å²) >= 11 is 0. The van der Waals surface area contributed by atoms with Crippen LogP contribution >= 0.6 is 0 Å². The fourth-order valence-corrected chi connectivity index (χ4v) is 2.37. The number of anilines is 1. The zero-order chi connectivity index (χ0) is 15.3. The zero-order valence-electron chi connectivity index (χ0n) is 11.7. The molecule has 0 fully saturated rings. The summed E-state index contributed by atoms with van der Waals surface area (Å²) in [4.78, 5) is 0.230. The van der Waals surface area contributed by atoms with Crippen molar-refractivity contribution < 1.29 is 17.9 Å². The van der Waals surface area contributed by atoms with E-state index in [4.69, 9.17) is 15.2 Å². The number of para-hydroxylation sites is 2. The van der Waals surface area contributed by atoms with Crippen molar-refractivity contribution in [3.8, 4) is 11.5 Å². The lowest BCUT2D eigenvalue weighted by atomic mass is 10.3. The minimum Gasteiger partial charge on any atom is -0.490 e. The molecule has 0 aliphatic rings. The first-order chi connectivity index (χ1) is 9.97. The van der Waals surface area contributed by atoms with Gasteiger partial charge >= 0.3 is 0 Å². The van der Waals surface area contributed by atoms with Crippen molar-refractivity contribution in [1.29, 1.82) is 0 Å². The maximum absolute atomic E-state index is 11.4. The molecular formula is C15H17NO4S. The highest BCUT2D eigenvalue weighted by atomic mass is 32.2. The van der Waals surface area contributed by atoms with Crippen molar-refractivity contribution >= 4 is 15.5 Å². The van der Waals surface area contributed by atoms with Gasteiger partial charge in [0, 0.05) is 6.26 Å². The lowest BCUT2D eigenvalue weighted by Gasteiger charge is -2.10. The molecule has 112 valence electrons. The van der Waals surface area contributed by atoms with E-state index in [0.717, 1.165) is 6.26 Å². The van der Waals surface area contributed by atoms with Crippen molar-refractivity contribution in [3.05, 3.63) is 48.5 Å². The van der Waals surface area contributed by atoms with Crippen LogP contribution in [0.25, 0.3) is 0 Å². The number of hydrogen-bond donors (Lipinski definition) is 1. The first-order valence-electron chi connectivity index (χ1n) is 6.37. The van der Waals surface area contributed by atoms with Gasteiger partial charge in [-0.05, 0) is 30.3 Å². The second-order valence-corrected chi connectivity index (χ2v) is 6.50. The fourth-order valence-electron chi connectivity index (χ4n) is 1.72. The van der Waals surface area contributed by atoms with E-state index in [1.807, 2.05) is 12.1 Å². The number of hydrogen-bond acceptors (Lipinski definition) is 5. The highest BCUT2D eigenvalue weighted by Crippen LogP contribution is 2.20. The third-order valence-corrected chi connectivity index (χ3v) is 3.87. The van der Waals surface area contributed by atoms with Gasteiger partial charge in [0.1, 0.15) is 24.7 Å². The molecule has 0 unspecified atom stereocenters. The molecule has 2 aromatic carbocycles. The summed E-state index contributed by atoms with van der Waals surface area (Å²) in [6.45, 7) is 0.610. The van der Waals surface area contributed by atoms with Gasteiger partial charge in [-0.1, -0.05) is 18.2 Å². The van der Waals surface area contributed by atoms with Crippen LogP contribution in [-0.2, 0) is 9.84 Å². The largest absolute Gasteiger partial charge is 0.490 e. The highest BCUT2D eigenvalue weighted by molar-refractivity contribution is 7.90. The van der Waals surface area contributed by atoms with Crippen LogP contribution in [0.1, 0.15) is 0 Å². The second kappa shape index (κ2) is 6.49. The Balaban J connectivity index is 1.88. The van der Waals surface area contributed by atoms with Gasteiger partial charge in [-0.3, -0.25) is 0 Å². The standard InChI is InChI=1S/C15H17NO4S/c1-21(17,18)13-6-4-5-12(11-13)19-9-10-20-15-8-3-2-7-14(15)16/h2-8,11H,9-10,16H2,1H3. The van der Waals surface area contributed by atoms with E-state index in [-0.39, 0.29) is 4.90 Å². The highest BCUT2D eigenvalue weighted by Gasteiger charge is 2.07. The molecule has 2 rings (SSSR count). The number of benzene rings is 2. The smallest absolute Gasteiger partial charge is 0.175 e. The van der Waals surface area contributed by atoms with Crippen LogP contribution in [0.15, 0.2) is 53.4 Å². The number of ether oxygens (including phenoxy) is 2.